The molecule has 0 fully saturated rings. The summed E-state index contributed by atoms with van der Waals surface area (Å²) in [6.07, 6.45) is 0.282. The van der Waals surface area contributed by atoms with E-state index in [1.165, 1.54) is 12.1 Å². The maximum absolute atomic E-state index is 10.9. The average molecular weight is 169 g/mol. The van der Waals surface area contributed by atoms with Gasteiger partial charge in [0.25, 0.3) is 0 Å². The van der Waals surface area contributed by atoms with Crippen LogP contribution in [0.5, 0.6) is 0 Å². The van der Waals surface area contributed by atoms with Crippen LogP contribution in [0.4, 0.5) is 5.88 Å². The largest absolute Gasteiger partial charge is 0.433 e. The zero-order valence-electron chi connectivity index (χ0n) is 6.44. The molecule has 12 heavy (non-hydrogen) atoms. The highest BCUT2D eigenvalue weighted by Gasteiger charge is 2.15. The summed E-state index contributed by atoms with van der Waals surface area (Å²) in [5, 5.41) is 10.1. The lowest BCUT2D eigenvalue weighted by molar-refractivity contribution is -0.402. The second kappa shape index (κ2) is 3.17. The third-order valence-electron chi connectivity index (χ3n) is 1.37. The van der Waals surface area contributed by atoms with Crippen molar-refractivity contribution < 1.29 is 14.1 Å². The van der Waals surface area contributed by atoms with Crippen LogP contribution in [0.15, 0.2) is 16.5 Å². The summed E-state index contributed by atoms with van der Waals surface area (Å²) in [7, 11) is 0. The lowest BCUT2D eigenvalue weighted by Gasteiger charge is -1.87. The number of carbonyl (C=O) groups is 1. The van der Waals surface area contributed by atoms with Gasteiger partial charge in [-0.25, -0.2) is 0 Å². The Balaban J connectivity index is 2.91. The second-order valence-corrected chi connectivity index (χ2v) is 2.17. The van der Waals surface area contributed by atoms with Crippen molar-refractivity contribution in [3.8, 4) is 0 Å². The summed E-state index contributed by atoms with van der Waals surface area (Å²) in [6.45, 7) is 1.66. The summed E-state index contributed by atoms with van der Waals surface area (Å²) in [6, 6.07) is 2.48. The van der Waals surface area contributed by atoms with Crippen LogP contribution >= 0.6 is 0 Å². The monoisotopic (exact) mass is 169 g/mol. The maximum Gasteiger partial charge on any atom is 0.433 e. The lowest BCUT2D eigenvalue weighted by atomic mass is 10.2. The van der Waals surface area contributed by atoms with Crippen LogP contribution in [0, 0.1) is 10.1 Å². The normalized spacial score (nSPS) is 9.75. The molecule has 0 N–H and O–H groups in total. The molecule has 0 unspecified atom stereocenters. The summed E-state index contributed by atoms with van der Waals surface area (Å²) in [5.41, 5.74) is 0. The highest BCUT2D eigenvalue weighted by Crippen LogP contribution is 2.16. The summed E-state index contributed by atoms with van der Waals surface area (Å²) in [5.74, 6) is -0.584. The van der Waals surface area contributed by atoms with Crippen molar-refractivity contribution in [2.45, 2.75) is 13.3 Å². The minimum atomic E-state index is -0.674. The molecule has 5 nitrogen and oxygen atoms in total. The van der Waals surface area contributed by atoms with Crippen molar-refractivity contribution in [3.63, 3.8) is 0 Å². The molecule has 1 aromatic heterocycles. The summed E-state index contributed by atoms with van der Waals surface area (Å²) in [4.78, 5) is 20.4. The van der Waals surface area contributed by atoms with E-state index in [1.54, 1.807) is 6.92 Å². The van der Waals surface area contributed by atoms with Gasteiger partial charge < -0.3 is 4.42 Å². The second-order valence-electron chi connectivity index (χ2n) is 2.17. The van der Waals surface area contributed by atoms with E-state index in [4.69, 9.17) is 0 Å². The Morgan fingerprint density at radius 3 is 2.75 bits per heavy atom. The first-order valence-electron chi connectivity index (χ1n) is 3.42. The fourth-order valence-electron chi connectivity index (χ4n) is 0.750. The van der Waals surface area contributed by atoms with Gasteiger partial charge in [0.05, 0.1) is 6.07 Å². The number of nitro groups is 1. The quantitative estimate of drug-likeness (QED) is 0.392. The van der Waals surface area contributed by atoms with Crippen LogP contribution in [0.1, 0.15) is 23.9 Å². The molecule has 0 amide bonds. The Kier molecular flexibility index (Phi) is 2.23. The van der Waals surface area contributed by atoms with E-state index in [1.807, 2.05) is 0 Å². The molecule has 0 bridgehead atoms. The number of carbonyl (C=O) groups excluding carboxylic acids is 1. The average Bonchev–Trinajstić information content (AvgIpc) is 2.51. The van der Waals surface area contributed by atoms with E-state index in [0.717, 1.165) is 0 Å². The van der Waals surface area contributed by atoms with Crippen molar-refractivity contribution in [3.05, 3.63) is 28.0 Å². The van der Waals surface area contributed by atoms with E-state index in [9.17, 15) is 14.9 Å². The topological polar surface area (TPSA) is 73.3 Å². The minimum absolute atomic E-state index is 0.0456. The number of Topliss-reactive ketones (excluding diaryl/α,β-unsaturated/α-hetero) is 1. The molecule has 0 aromatic carbocycles. The first-order valence-corrected chi connectivity index (χ1v) is 3.42. The van der Waals surface area contributed by atoms with Crippen molar-refractivity contribution in [2.24, 2.45) is 0 Å². The molecule has 0 spiro atoms. The summed E-state index contributed by atoms with van der Waals surface area (Å²) < 4.78 is 4.65. The zero-order valence-corrected chi connectivity index (χ0v) is 6.44. The first-order chi connectivity index (χ1) is 5.65. The van der Waals surface area contributed by atoms with Gasteiger partial charge in [-0.1, -0.05) is 6.92 Å². The van der Waals surface area contributed by atoms with Gasteiger partial charge in [0.2, 0.25) is 0 Å². The third kappa shape index (κ3) is 1.50. The molecule has 0 saturated carbocycles. The predicted octanol–water partition coefficient (Wildman–Crippen LogP) is 1.78. The van der Waals surface area contributed by atoms with E-state index < -0.39 is 10.8 Å². The van der Waals surface area contributed by atoms with Crippen molar-refractivity contribution in [1.82, 2.24) is 0 Å². The van der Waals surface area contributed by atoms with Gasteiger partial charge in [-0.2, -0.15) is 0 Å². The number of ketones is 1. The molecule has 64 valence electrons. The highest BCUT2D eigenvalue weighted by molar-refractivity contribution is 5.93. The lowest BCUT2D eigenvalue weighted by Crippen LogP contribution is -1.92. The van der Waals surface area contributed by atoms with Crippen molar-refractivity contribution in [2.75, 3.05) is 0 Å². The van der Waals surface area contributed by atoms with E-state index in [0.29, 0.717) is 0 Å². The third-order valence-corrected chi connectivity index (χ3v) is 1.37. The Morgan fingerprint density at radius 1 is 1.67 bits per heavy atom. The SMILES string of the molecule is CCC(=O)c1ccc([N+](=O)[O-])o1. The molecule has 0 radical (unpaired) electrons. The Bertz CT molecular complexity index is 315. The van der Waals surface area contributed by atoms with Gasteiger partial charge in [-0.3, -0.25) is 14.9 Å². The van der Waals surface area contributed by atoms with E-state index in [-0.39, 0.29) is 18.0 Å². The number of hydrogen-bond donors (Lipinski definition) is 0. The zero-order chi connectivity index (χ0) is 9.14. The Labute approximate surface area is 68.1 Å². The summed E-state index contributed by atoms with van der Waals surface area (Å²) >= 11 is 0. The van der Waals surface area contributed by atoms with Gasteiger partial charge >= 0.3 is 5.88 Å². The molecule has 0 saturated heterocycles. The van der Waals surface area contributed by atoms with Crippen LogP contribution in [0.3, 0.4) is 0 Å². The number of furan rings is 1. The van der Waals surface area contributed by atoms with Gasteiger partial charge in [-0.15, -0.1) is 0 Å². The highest BCUT2D eigenvalue weighted by atomic mass is 16.6. The maximum atomic E-state index is 10.9. The molecule has 1 aromatic rings. The molecule has 0 aliphatic rings. The van der Waals surface area contributed by atoms with Crippen LogP contribution in [-0.4, -0.2) is 10.7 Å². The van der Waals surface area contributed by atoms with Crippen molar-refractivity contribution in [1.29, 1.82) is 0 Å². The molecule has 0 aliphatic heterocycles. The van der Waals surface area contributed by atoms with Gasteiger partial charge in [-0.05, 0) is 6.07 Å². The number of rotatable bonds is 3. The standard InChI is InChI=1S/C7H7NO4/c1-2-5(9)6-3-4-7(12-6)8(10)11/h3-4H,2H2,1H3. The number of nitrogens with zero attached hydrogens (tertiary/aromatic N) is 1. The minimum Gasteiger partial charge on any atom is -0.397 e. The molecular formula is C7H7NO4. The van der Waals surface area contributed by atoms with E-state index >= 15 is 0 Å². The van der Waals surface area contributed by atoms with Gasteiger partial charge in [0.15, 0.2) is 11.5 Å². The Morgan fingerprint density at radius 2 is 2.33 bits per heavy atom. The smallest absolute Gasteiger partial charge is 0.397 e. The number of hydrogen-bond acceptors (Lipinski definition) is 4. The fourth-order valence-corrected chi connectivity index (χ4v) is 0.750. The van der Waals surface area contributed by atoms with Crippen LogP contribution < -0.4 is 0 Å². The fraction of sp³-hybridized carbons (Fsp3) is 0.286. The van der Waals surface area contributed by atoms with Crippen LogP contribution in [-0.2, 0) is 0 Å². The molecule has 0 aliphatic carbocycles. The van der Waals surface area contributed by atoms with Crippen LogP contribution in [0.25, 0.3) is 0 Å². The first kappa shape index (κ1) is 8.45. The predicted molar refractivity (Wildman–Crippen MR) is 40.0 cm³/mol. The van der Waals surface area contributed by atoms with Gasteiger partial charge in [0, 0.05) is 6.42 Å². The molecular weight excluding hydrogens is 162 g/mol. The Hall–Kier alpha value is -1.65. The molecule has 0 atom stereocenters. The van der Waals surface area contributed by atoms with E-state index in [2.05, 4.69) is 4.42 Å². The molecule has 1 heterocycles. The van der Waals surface area contributed by atoms with Crippen LogP contribution in [0.2, 0.25) is 0 Å². The molecule has 5 heteroatoms. The van der Waals surface area contributed by atoms with Crippen molar-refractivity contribution >= 4 is 11.7 Å². The molecule has 1 rings (SSSR count). The van der Waals surface area contributed by atoms with Gasteiger partial charge in [0.1, 0.15) is 4.92 Å².